The second-order valence-electron chi connectivity index (χ2n) is 7.95. The Morgan fingerprint density at radius 1 is 1.03 bits per heavy atom. The lowest BCUT2D eigenvalue weighted by Crippen LogP contribution is -2.31. The number of rotatable bonds is 6. The van der Waals surface area contributed by atoms with E-state index in [4.69, 9.17) is 4.74 Å². The summed E-state index contributed by atoms with van der Waals surface area (Å²) in [6.45, 7) is 6.30. The Morgan fingerprint density at radius 2 is 1.73 bits per heavy atom. The molecule has 176 valence electrons. The summed E-state index contributed by atoms with van der Waals surface area (Å²) in [6.07, 6.45) is 3.88. The number of nitrogens with zero attached hydrogens (tertiary/aromatic N) is 3. The standard InChI is InChI=1S/C24H29N3O4S2/c1-3-27-21-14-11-19(31-4-2)17-22(21)32-24(27)25-23(28)18-9-12-20(13-10-18)33(29,30)26-15-7-5-6-8-16-26/h9-14,17H,3-8,15-16H2,1-2H3. The van der Waals surface area contributed by atoms with Crippen molar-refractivity contribution in [2.45, 2.75) is 51.0 Å². The van der Waals surface area contributed by atoms with Crippen LogP contribution in [0, 0.1) is 0 Å². The molecule has 0 saturated carbocycles. The second-order valence-corrected chi connectivity index (χ2v) is 10.9. The summed E-state index contributed by atoms with van der Waals surface area (Å²) in [7, 11) is -3.55. The van der Waals surface area contributed by atoms with Crippen molar-refractivity contribution in [2.24, 2.45) is 4.99 Å². The highest BCUT2D eigenvalue weighted by atomic mass is 32.2. The zero-order chi connectivity index (χ0) is 23.4. The van der Waals surface area contributed by atoms with Crippen LogP contribution >= 0.6 is 11.3 Å². The van der Waals surface area contributed by atoms with Crippen molar-refractivity contribution >= 4 is 37.5 Å². The van der Waals surface area contributed by atoms with Gasteiger partial charge in [0.1, 0.15) is 5.75 Å². The first-order valence-corrected chi connectivity index (χ1v) is 13.6. The van der Waals surface area contributed by atoms with Crippen molar-refractivity contribution < 1.29 is 17.9 Å². The molecule has 1 amide bonds. The predicted octanol–water partition coefficient (Wildman–Crippen LogP) is 4.43. The van der Waals surface area contributed by atoms with E-state index in [0.717, 1.165) is 41.6 Å². The summed E-state index contributed by atoms with van der Waals surface area (Å²) in [6, 6.07) is 12.0. The maximum atomic E-state index is 13.0. The molecule has 1 aliphatic rings. The van der Waals surface area contributed by atoms with Crippen LogP contribution in [0.3, 0.4) is 0 Å². The van der Waals surface area contributed by atoms with E-state index in [2.05, 4.69) is 4.99 Å². The van der Waals surface area contributed by atoms with Gasteiger partial charge in [0.25, 0.3) is 5.91 Å². The van der Waals surface area contributed by atoms with E-state index in [0.29, 0.717) is 36.6 Å². The van der Waals surface area contributed by atoms with Gasteiger partial charge in [-0.1, -0.05) is 24.2 Å². The second kappa shape index (κ2) is 10.2. The van der Waals surface area contributed by atoms with Crippen LogP contribution in [0.25, 0.3) is 10.2 Å². The lowest BCUT2D eigenvalue weighted by molar-refractivity contribution is 0.0997. The number of amides is 1. The first-order chi connectivity index (χ1) is 15.9. The van der Waals surface area contributed by atoms with Gasteiger partial charge in [0.05, 0.1) is 21.7 Å². The van der Waals surface area contributed by atoms with E-state index < -0.39 is 15.9 Å². The van der Waals surface area contributed by atoms with Crippen molar-refractivity contribution in [3.8, 4) is 5.75 Å². The van der Waals surface area contributed by atoms with Gasteiger partial charge in [-0.25, -0.2) is 8.42 Å². The largest absolute Gasteiger partial charge is 0.494 e. The zero-order valence-corrected chi connectivity index (χ0v) is 20.6. The molecule has 0 aliphatic carbocycles. The normalized spacial score (nSPS) is 16.1. The Hall–Kier alpha value is -2.49. The van der Waals surface area contributed by atoms with Crippen molar-refractivity contribution in [2.75, 3.05) is 19.7 Å². The molecule has 2 heterocycles. The quantitative estimate of drug-likeness (QED) is 0.515. The van der Waals surface area contributed by atoms with Crippen molar-refractivity contribution in [3.63, 3.8) is 0 Å². The lowest BCUT2D eigenvalue weighted by Gasteiger charge is -2.19. The SMILES string of the molecule is CCOc1ccc2c(c1)sc(=NC(=O)c1ccc(S(=O)(=O)N3CCCCCC3)cc1)n2CC. The first kappa shape index (κ1) is 23.7. The average molecular weight is 488 g/mol. The fourth-order valence-electron chi connectivity index (χ4n) is 4.05. The molecule has 1 aromatic heterocycles. The molecule has 2 aromatic carbocycles. The maximum Gasteiger partial charge on any atom is 0.279 e. The van der Waals surface area contributed by atoms with Crippen LogP contribution in [0.15, 0.2) is 52.4 Å². The Morgan fingerprint density at radius 3 is 2.36 bits per heavy atom. The van der Waals surface area contributed by atoms with E-state index in [9.17, 15) is 13.2 Å². The summed E-state index contributed by atoms with van der Waals surface area (Å²) in [5, 5.41) is 0. The Balaban J connectivity index is 1.61. The third-order valence-electron chi connectivity index (χ3n) is 5.78. The summed E-state index contributed by atoms with van der Waals surface area (Å²) < 4.78 is 36.1. The molecule has 0 atom stereocenters. The van der Waals surface area contributed by atoms with Gasteiger partial charge in [0.15, 0.2) is 4.80 Å². The molecular formula is C24H29N3O4S2. The summed E-state index contributed by atoms with van der Waals surface area (Å²) >= 11 is 1.43. The minimum Gasteiger partial charge on any atom is -0.494 e. The molecule has 33 heavy (non-hydrogen) atoms. The molecule has 1 fully saturated rings. The highest BCUT2D eigenvalue weighted by Crippen LogP contribution is 2.24. The van der Waals surface area contributed by atoms with Crippen LogP contribution in [-0.2, 0) is 16.6 Å². The number of hydrogen-bond donors (Lipinski definition) is 0. The molecule has 9 heteroatoms. The van der Waals surface area contributed by atoms with Crippen LogP contribution < -0.4 is 9.54 Å². The van der Waals surface area contributed by atoms with Crippen LogP contribution in [0.4, 0.5) is 0 Å². The number of carbonyl (C=O) groups is 1. The van der Waals surface area contributed by atoms with E-state index in [1.165, 1.54) is 23.5 Å². The average Bonchev–Trinajstić information content (AvgIpc) is 2.97. The summed E-state index contributed by atoms with van der Waals surface area (Å²) in [5.74, 6) is 0.390. The highest BCUT2D eigenvalue weighted by Gasteiger charge is 2.25. The number of carbonyl (C=O) groups excluding carboxylic acids is 1. The Labute approximate surface area is 198 Å². The molecule has 7 nitrogen and oxygen atoms in total. The minimum atomic E-state index is -3.55. The first-order valence-electron chi connectivity index (χ1n) is 11.4. The number of hydrogen-bond acceptors (Lipinski definition) is 5. The van der Waals surface area contributed by atoms with Gasteiger partial charge in [-0.3, -0.25) is 4.79 Å². The highest BCUT2D eigenvalue weighted by molar-refractivity contribution is 7.89. The fraction of sp³-hybridized carbons (Fsp3) is 0.417. The predicted molar refractivity (Wildman–Crippen MR) is 130 cm³/mol. The van der Waals surface area contributed by atoms with E-state index in [1.54, 1.807) is 16.4 Å². The molecule has 0 spiro atoms. The number of thiazole rings is 1. The lowest BCUT2D eigenvalue weighted by atomic mass is 10.2. The summed E-state index contributed by atoms with van der Waals surface area (Å²) in [4.78, 5) is 18.0. The molecule has 3 aromatic rings. The van der Waals surface area contributed by atoms with E-state index >= 15 is 0 Å². The number of aryl methyl sites for hydroxylation is 1. The van der Waals surface area contributed by atoms with Crippen molar-refractivity contribution in [1.29, 1.82) is 0 Å². The number of ether oxygens (including phenoxy) is 1. The summed E-state index contributed by atoms with van der Waals surface area (Å²) in [5.41, 5.74) is 1.36. The van der Waals surface area contributed by atoms with Gasteiger partial charge in [0.2, 0.25) is 10.0 Å². The number of sulfonamides is 1. The Bertz CT molecular complexity index is 1300. The monoisotopic (exact) mass is 487 g/mol. The van der Waals surface area contributed by atoms with Crippen molar-refractivity contribution in [3.05, 3.63) is 52.8 Å². The number of benzene rings is 2. The molecular weight excluding hydrogens is 458 g/mol. The van der Waals surface area contributed by atoms with Crippen LogP contribution in [-0.4, -0.2) is 42.9 Å². The Kier molecular flexibility index (Phi) is 7.31. The number of fused-ring (bicyclic) bond motifs is 1. The fourth-order valence-corrected chi connectivity index (χ4v) is 6.69. The topological polar surface area (TPSA) is 81.0 Å². The van der Waals surface area contributed by atoms with Gasteiger partial charge in [-0.05, 0) is 69.2 Å². The van der Waals surface area contributed by atoms with Gasteiger partial charge in [0, 0.05) is 25.2 Å². The van der Waals surface area contributed by atoms with Gasteiger partial charge in [-0.2, -0.15) is 9.30 Å². The van der Waals surface area contributed by atoms with E-state index in [1.807, 2.05) is 36.6 Å². The van der Waals surface area contributed by atoms with Gasteiger partial charge < -0.3 is 9.30 Å². The smallest absolute Gasteiger partial charge is 0.279 e. The van der Waals surface area contributed by atoms with Crippen LogP contribution in [0.5, 0.6) is 5.75 Å². The van der Waals surface area contributed by atoms with Crippen LogP contribution in [0.1, 0.15) is 49.9 Å². The molecule has 0 N–H and O–H groups in total. The maximum absolute atomic E-state index is 13.0. The van der Waals surface area contributed by atoms with Crippen LogP contribution in [0.2, 0.25) is 0 Å². The van der Waals surface area contributed by atoms with Gasteiger partial charge >= 0.3 is 0 Å². The third kappa shape index (κ3) is 5.05. The zero-order valence-electron chi connectivity index (χ0n) is 19.0. The molecule has 1 aliphatic heterocycles. The molecule has 1 saturated heterocycles. The van der Waals surface area contributed by atoms with Gasteiger partial charge in [-0.15, -0.1) is 0 Å². The third-order valence-corrected chi connectivity index (χ3v) is 8.74. The molecule has 0 bridgehead atoms. The minimum absolute atomic E-state index is 0.217. The molecule has 0 unspecified atom stereocenters. The molecule has 0 radical (unpaired) electrons. The molecule has 4 rings (SSSR count). The number of aromatic nitrogens is 1. The van der Waals surface area contributed by atoms with E-state index in [-0.39, 0.29) is 4.90 Å². The van der Waals surface area contributed by atoms with Crippen molar-refractivity contribution in [1.82, 2.24) is 8.87 Å².